The minimum Gasteiger partial charge on any atom is -0.368 e. The van der Waals surface area contributed by atoms with Crippen LogP contribution in [-0.4, -0.2) is 16.4 Å². The second kappa shape index (κ2) is 3.90. The number of rotatable bonds is 2. The van der Waals surface area contributed by atoms with E-state index in [1.807, 2.05) is 30.5 Å². The molecule has 2 heterocycles. The molecule has 1 aliphatic rings. The maximum absolute atomic E-state index is 4.27. The van der Waals surface area contributed by atoms with Gasteiger partial charge in [-0.3, -0.25) is 4.98 Å². The van der Waals surface area contributed by atoms with E-state index in [1.54, 1.807) is 0 Å². The zero-order valence-electron chi connectivity index (χ0n) is 7.43. The van der Waals surface area contributed by atoms with Crippen LogP contribution in [0.4, 0.5) is 0 Å². The van der Waals surface area contributed by atoms with Crippen LogP contribution in [0.3, 0.4) is 0 Å². The zero-order chi connectivity index (χ0) is 8.93. The topological polar surface area (TPSA) is 16.1 Å². The van der Waals surface area contributed by atoms with E-state index in [4.69, 9.17) is 0 Å². The average Bonchev–Trinajstić information content (AvgIpc) is 2.21. The van der Waals surface area contributed by atoms with Crippen LogP contribution in [0.1, 0.15) is 5.69 Å². The largest absolute Gasteiger partial charge is 0.368 e. The number of pyridine rings is 1. The molecule has 0 amide bonds. The van der Waals surface area contributed by atoms with Crippen LogP contribution in [0.15, 0.2) is 48.8 Å². The van der Waals surface area contributed by atoms with Gasteiger partial charge in [0.15, 0.2) is 0 Å². The molecular formula is C11H12N2. The van der Waals surface area contributed by atoms with E-state index in [9.17, 15) is 0 Å². The van der Waals surface area contributed by atoms with E-state index in [-0.39, 0.29) is 0 Å². The van der Waals surface area contributed by atoms with Gasteiger partial charge < -0.3 is 4.90 Å². The van der Waals surface area contributed by atoms with Crippen LogP contribution in [0.2, 0.25) is 0 Å². The smallest absolute Gasteiger partial charge is 0.0600 e. The summed E-state index contributed by atoms with van der Waals surface area (Å²) >= 11 is 0. The molecule has 13 heavy (non-hydrogen) atoms. The summed E-state index contributed by atoms with van der Waals surface area (Å²) < 4.78 is 0. The molecule has 66 valence electrons. The van der Waals surface area contributed by atoms with Gasteiger partial charge in [0, 0.05) is 12.7 Å². The van der Waals surface area contributed by atoms with Crippen LogP contribution in [0.25, 0.3) is 0 Å². The van der Waals surface area contributed by atoms with Crippen molar-refractivity contribution in [2.45, 2.75) is 6.54 Å². The highest BCUT2D eigenvalue weighted by Gasteiger charge is 2.00. The monoisotopic (exact) mass is 172 g/mol. The predicted molar refractivity (Wildman–Crippen MR) is 52.9 cm³/mol. The Morgan fingerprint density at radius 3 is 3.00 bits per heavy atom. The van der Waals surface area contributed by atoms with Crippen LogP contribution >= 0.6 is 0 Å². The Kier molecular flexibility index (Phi) is 2.41. The Morgan fingerprint density at radius 1 is 1.31 bits per heavy atom. The Morgan fingerprint density at radius 2 is 2.31 bits per heavy atom. The molecule has 0 atom stereocenters. The normalized spacial score (nSPS) is 14.9. The van der Waals surface area contributed by atoms with E-state index in [0.29, 0.717) is 0 Å². The molecule has 0 aliphatic carbocycles. The van der Waals surface area contributed by atoms with Gasteiger partial charge in [0.05, 0.1) is 12.2 Å². The molecular weight excluding hydrogens is 160 g/mol. The van der Waals surface area contributed by atoms with Gasteiger partial charge in [-0.2, -0.15) is 0 Å². The van der Waals surface area contributed by atoms with Crippen molar-refractivity contribution in [1.29, 1.82) is 0 Å². The maximum atomic E-state index is 4.27. The van der Waals surface area contributed by atoms with Crippen molar-refractivity contribution in [2.75, 3.05) is 6.54 Å². The summed E-state index contributed by atoms with van der Waals surface area (Å²) in [6, 6.07) is 6.01. The Balaban J connectivity index is 1.99. The van der Waals surface area contributed by atoms with Crippen molar-refractivity contribution in [1.82, 2.24) is 9.88 Å². The molecule has 0 saturated carbocycles. The fourth-order valence-corrected chi connectivity index (χ4v) is 1.32. The van der Waals surface area contributed by atoms with E-state index >= 15 is 0 Å². The molecule has 0 aromatic carbocycles. The Bertz CT molecular complexity index is 314. The van der Waals surface area contributed by atoms with Crippen molar-refractivity contribution in [3.8, 4) is 0 Å². The number of hydrogen-bond acceptors (Lipinski definition) is 2. The van der Waals surface area contributed by atoms with Crippen molar-refractivity contribution in [3.05, 3.63) is 54.5 Å². The first-order valence-electron chi connectivity index (χ1n) is 4.42. The molecule has 0 radical (unpaired) electrons. The average molecular weight is 172 g/mol. The lowest BCUT2D eigenvalue weighted by Gasteiger charge is -2.19. The maximum Gasteiger partial charge on any atom is 0.0600 e. The second-order valence-corrected chi connectivity index (χ2v) is 3.02. The first-order chi connectivity index (χ1) is 6.45. The molecule has 2 nitrogen and oxygen atoms in total. The summed E-state index contributed by atoms with van der Waals surface area (Å²) in [6.45, 7) is 1.87. The van der Waals surface area contributed by atoms with Crippen LogP contribution in [0.5, 0.6) is 0 Å². The number of hydrogen-bond donors (Lipinski definition) is 0. The molecule has 1 aromatic heterocycles. The van der Waals surface area contributed by atoms with Gasteiger partial charge in [-0.25, -0.2) is 0 Å². The van der Waals surface area contributed by atoms with Gasteiger partial charge >= 0.3 is 0 Å². The van der Waals surface area contributed by atoms with Crippen molar-refractivity contribution in [2.24, 2.45) is 0 Å². The molecule has 2 heteroatoms. The van der Waals surface area contributed by atoms with E-state index < -0.39 is 0 Å². The molecule has 0 bridgehead atoms. The lowest BCUT2D eigenvalue weighted by atomic mass is 10.3. The third kappa shape index (κ3) is 2.18. The fraction of sp³-hybridized carbons (Fsp3) is 0.182. The first-order valence-corrected chi connectivity index (χ1v) is 4.42. The first kappa shape index (κ1) is 8.05. The molecule has 0 saturated heterocycles. The van der Waals surface area contributed by atoms with Crippen molar-refractivity contribution < 1.29 is 0 Å². The van der Waals surface area contributed by atoms with Gasteiger partial charge in [0.1, 0.15) is 0 Å². The third-order valence-electron chi connectivity index (χ3n) is 1.98. The standard InChI is InChI=1S/C11H12N2/c1-4-8-13(9-5-1)10-11-6-2-3-7-12-11/h1-8H,9-10H2. The lowest BCUT2D eigenvalue weighted by molar-refractivity contribution is 0.400. The van der Waals surface area contributed by atoms with Gasteiger partial charge in [0.25, 0.3) is 0 Å². The Labute approximate surface area is 78.2 Å². The summed E-state index contributed by atoms with van der Waals surface area (Å²) in [5.41, 5.74) is 1.11. The van der Waals surface area contributed by atoms with E-state index in [1.165, 1.54) is 0 Å². The van der Waals surface area contributed by atoms with Crippen LogP contribution in [0, 0.1) is 0 Å². The van der Waals surface area contributed by atoms with Crippen molar-refractivity contribution in [3.63, 3.8) is 0 Å². The summed E-state index contributed by atoms with van der Waals surface area (Å²) in [5, 5.41) is 0. The Hall–Kier alpha value is -1.57. The van der Waals surface area contributed by atoms with Crippen LogP contribution < -0.4 is 0 Å². The predicted octanol–water partition coefficient (Wildman–Crippen LogP) is 1.97. The molecule has 0 unspecified atom stereocenters. The molecule has 1 aromatic rings. The fourth-order valence-electron chi connectivity index (χ4n) is 1.32. The highest BCUT2D eigenvalue weighted by atomic mass is 15.1. The highest BCUT2D eigenvalue weighted by Crippen LogP contribution is 2.04. The van der Waals surface area contributed by atoms with Crippen molar-refractivity contribution >= 4 is 0 Å². The van der Waals surface area contributed by atoms with E-state index in [2.05, 4.69) is 28.2 Å². The minimum absolute atomic E-state index is 0.891. The van der Waals surface area contributed by atoms with Gasteiger partial charge in [-0.15, -0.1) is 0 Å². The quantitative estimate of drug-likeness (QED) is 0.678. The van der Waals surface area contributed by atoms with Crippen LogP contribution in [-0.2, 0) is 6.54 Å². The lowest BCUT2D eigenvalue weighted by Crippen LogP contribution is -2.18. The molecule has 1 aliphatic heterocycles. The summed E-state index contributed by atoms with van der Waals surface area (Å²) in [6.07, 6.45) is 10.2. The zero-order valence-corrected chi connectivity index (χ0v) is 7.43. The molecule has 0 spiro atoms. The number of nitrogens with zero attached hydrogens (tertiary/aromatic N) is 2. The summed E-state index contributed by atoms with van der Waals surface area (Å²) in [4.78, 5) is 6.50. The number of allylic oxidation sites excluding steroid dienone is 2. The molecule has 0 fully saturated rings. The third-order valence-corrected chi connectivity index (χ3v) is 1.98. The second-order valence-electron chi connectivity index (χ2n) is 3.02. The van der Waals surface area contributed by atoms with Gasteiger partial charge in [0.2, 0.25) is 0 Å². The molecule has 0 N–H and O–H groups in total. The highest BCUT2D eigenvalue weighted by molar-refractivity contribution is 5.11. The minimum atomic E-state index is 0.891. The molecule has 2 rings (SSSR count). The number of aromatic nitrogens is 1. The summed E-state index contributed by atoms with van der Waals surface area (Å²) in [7, 11) is 0. The van der Waals surface area contributed by atoms with Gasteiger partial charge in [-0.05, 0) is 24.4 Å². The SMILES string of the molecule is C1=CCN(Cc2ccccn2)C=C1. The van der Waals surface area contributed by atoms with E-state index in [0.717, 1.165) is 18.8 Å². The summed E-state index contributed by atoms with van der Waals surface area (Å²) in [5.74, 6) is 0. The van der Waals surface area contributed by atoms with Gasteiger partial charge in [-0.1, -0.05) is 18.2 Å².